The van der Waals surface area contributed by atoms with E-state index in [0.29, 0.717) is 6.42 Å². The highest BCUT2D eigenvalue weighted by molar-refractivity contribution is 5.76. The first-order valence-corrected chi connectivity index (χ1v) is 10.1. The Balaban J connectivity index is 1.17. The first-order valence-electron chi connectivity index (χ1n) is 10.1. The van der Waals surface area contributed by atoms with E-state index < -0.39 is 0 Å². The number of amides is 1. The van der Waals surface area contributed by atoms with Crippen molar-refractivity contribution in [2.24, 2.45) is 7.05 Å². The van der Waals surface area contributed by atoms with Gasteiger partial charge in [-0.05, 0) is 12.1 Å². The van der Waals surface area contributed by atoms with Gasteiger partial charge in [0.1, 0.15) is 5.82 Å². The lowest BCUT2D eigenvalue weighted by atomic mass is 10.2. The molecular formula is C20H29N7O. The van der Waals surface area contributed by atoms with Crippen molar-refractivity contribution in [3.05, 3.63) is 36.8 Å². The molecule has 1 amide bonds. The van der Waals surface area contributed by atoms with Crippen molar-refractivity contribution in [2.75, 3.05) is 68.7 Å². The molecule has 2 saturated heterocycles. The summed E-state index contributed by atoms with van der Waals surface area (Å²) in [6.07, 6.45) is 6.41. The van der Waals surface area contributed by atoms with Gasteiger partial charge in [-0.3, -0.25) is 14.4 Å². The number of aryl methyl sites for hydroxylation is 1. The lowest BCUT2D eigenvalue weighted by molar-refractivity contribution is -0.131. The second-order valence-electron chi connectivity index (χ2n) is 7.51. The van der Waals surface area contributed by atoms with Crippen LogP contribution in [0.15, 0.2) is 36.8 Å². The second kappa shape index (κ2) is 8.60. The van der Waals surface area contributed by atoms with Gasteiger partial charge in [0, 0.05) is 84.8 Å². The minimum absolute atomic E-state index is 0.273. The number of pyridine rings is 1. The molecule has 0 bridgehead atoms. The Hall–Kier alpha value is -2.61. The Labute approximate surface area is 166 Å². The number of rotatable bonds is 5. The van der Waals surface area contributed by atoms with E-state index in [9.17, 15) is 4.79 Å². The maximum absolute atomic E-state index is 12.6. The van der Waals surface area contributed by atoms with Crippen LogP contribution in [0.4, 0.5) is 11.5 Å². The zero-order valence-corrected chi connectivity index (χ0v) is 16.6. The summed E-state index contributed by atoms with van der Waals surface area (Å²) in [5, 5.41) is 4.25. The van der Waals surface area contributed by atoms with Gasteiger partial charge in [0.05, 0.1) is 11.9 Å². The monoisotopic (exact) mass is 383 g/mol. The highest BCUT2D eigenvalue weighted by atomic mass is 16.2. The number of carbonyl (C=O) groups excluding carboxylic acids is 1. The summed E-state index contributed by atoms with van der Waals surface area (Å²) in [5.74, 6) is 1.27. The fourth-order valence-corrected chi connectivity index (χ4v) is 3.94. The molecule has 2 aromatic heterocycles. The summed E-state index contributed by atoms with van der Waals surface area (Å²) in [6, 6.07) is 5.97. The van der Waals surface area contributed by atoms with E-state index in [0.717, 1.165) is 64.7 Å². The zero-order chi connectivity index (χ0) is 19.3. The van der Waals surface area contributed by atoms with Gasteiger partial charge in [-0.1, -0.05) is 6.07 Å². The normalized spacial score (nSPS) is 18.5. The van der Waals surface area contributed by atoms with Crippen LogP contribution < -0.4 is 9.80 Å². The van der Waals surface area contributed by atoms with Gasteiger partial charge < -0.3 is 14.7 Å². The molecule has 0 N–H and O–H groups in total. The molecule has 0 spiro atoms. The smallest absolute Gasteiger partial charge is 0.223 e. The summed E-state index contributed by atoms with van der Waals surface area (Å²) in [4.78, 5) is 26.0. The lowest BCUT2D eigenvalue weighted by Crippen LogP contribution is -2.50. The van der Waals surface area contributed by atoms with Gasteiger partial charge >= 0.3 is 0 Å². The van der Waals surface area contributed by atoms with E-state index in [1.807, 2.05) is 47.2 Å². The molecule has 0 radical (unpaired) electrons. The predicted molar refractivity (Wildman–Crippen MR) is 110 cm³/mol. The molecule has 0 aliphatic carbocycles. The van der Waals surface area contributed by atoms with Crippen molar-refractivity contribution < 1.29 is 4.79 Å². The Morgan fingerprint density at radius 2 is 1.75 bits per heavy atom. The Kier molecular flexibility index (Phi) is 5.76. The molecule has 8 heteroatoms. The molecule has 2 aliphatic rings. The molecule has 4 heterocycles. The average Bonchev–Trinajstić information content (AvgIpc) is 3.19. The fraction of sp³-hybridized carbons (Fsp3) is 0.550. The first-order chi connectivity index (χ1) is 13.7. The number of anilines is 2. The minimum atomic E-state index is 0.273. The van der Waals surface area contributed by atoms with Crippen molar-refractivity contribution in [1.29, 1.82) is 0 Å². The maximum atomic E-state index is 12.6. The third kappa shape index (κ3) is 4.44. The van der Waals surface area contributed by atoms with Crippen LogP contribution in [0.25, 0.3) is 0 Å². The summed E-state index contributed by atoms with van der Waals surface area (Å²) in [6.45, 7) is 8.09. The highest BCUT2D eigenvalue weighted by Crippen LogP contribution is 2.16. The molecule has 2 aromatic rings. The van der Waals surface area contributed by atoms with E-state index in [4.69, 9.17) is 0 Å². The van der Waals surface area contributed by atoms with Gasteiger partial charge in [-0.15, -0.1) is 0 Å². The van der Waals surface area contributed by atoms with Crippen LogP contribution in [0.5, 0.6) is 0 Å². The van der Waals surface area contributed by atoms with Crippen LogP contribution in [-0.2, 0) is 11.8 Å². The molecular weight excluding hydrogens is 354 g/mol. The van der Waals surface area contributed by atoms with Gasteiger partial charge in [0.15, 0.2) is 0 Å². The van der Waals surface area contributed by atoms with E-state index in [1.165, 1.54) is 5.69 Å². The van der Waals surface area contributed by atoms with E-state index in [1.54, 1.807) is 0 Å². The van der Waals surface area contributed by atoms with E-state index in [2.05, 4.69) is 31.0 Å². The summed E-state index contributed by atoms with van der Waals surface area (Å²) < 4.78 is 1.84. The SMILES string of the molecule is Cn1cc(N2CCN(CCC(=O)N3CCN(c4ccccn4)CC3)CC2)cn1. The van der Waals surface area contributed by atoms with E-state index >= 15 is 0 Å². The summed E-state index contributed by atoms with van der Waals surface area (Å²) in [5.41, 5.74) is 1.18. The largest absolute Gasteiger partial charge is 0.366 e. The minimum Gasteiger partial charge on any atom is -0.366 e. The van der Waals surface area contributed by atoms with Crippen molar-refractivity contribution >= 4 is 17.4 Å². The Bertz CT molecular complexity index is 762. The molecule has 2 fully saturated rings. The number of aromatic nitrogens is 3. The fourth-order valence-electron chi connectivity index (χ4n) is 3.94. The molecule has 4 rings (SSSR count). The van der Waals surface area contributed by atoms with Crippen LogP contribution in [0.1, 0.15) is 6.42 Å². The molecule has 0 unspecified atom stereocenters. The number of piperazine rings is 2. The third-order valence-corrected chi connectivity index (χ3v) is 5.68. The standard InChI is InChI=1S/C20H29N7O/c1-23-17-18(16-22-23)25-10-8-24(9-11-25)7-5-20(28)27-14-12-26(13-15-27)19-4-2-3-6-21-19/h2-4,6,16-17H,5,7-15H2,1H3. The van der Waals surface area contributed by atoms with E-state index in [-0.39, 0.29) is 5.91 Å². The predicted octanol–water partition coefficient (Wildman–Crippen LogP) is 0.676. The van der Waals surface area contributed by atoms with Crippen molar-refractivity contribution in [3.63, 3.8) is 0 Å². The Morgan fingerprint density at radius 1 is 1.00 bits per heavy atom. The number of hydrogen-bond donors (Lipinski definition) is 0. The van der Waals surface area contributed by atoms with Crippen molar-refractivity contribution in [2.45, 2.75) is 6.42 Å². The summed E-state index contributed by atoms with van der Waals surface area (Å²) >= 11 is 0. The molecule has 0 saturated carbocycles. The maximum Gasteiger partial charge on any atom is 0.223 e. The van der Waals surface area contributed by atoms with Crippen LogP contribution >= 0.6 is 0 Å². The van der Waals surface area contributed by atoms with Crippen LogP contribution in [0.3, 0.4) is 0 Å². The van der Waals surface area contributed by atoms with Crippen LogP contribution in [0, 0.1) is 0 Å². The van der Waals surface area contributed by atoms with Crippen LogP contribution in [0.2, 0.25) is 0 Å². The molecule has 8 nitrogen and oxygen atoms in total. The molecule has 28 heavy (non-hydrogen) atoms. The molecule has 2 aliphatic heterocycles. The highest BCUT2D eigenvalue weighted by Gasteiger charge is 2.23. The topological polar surface area (TPSA) is 60.7 Å². The number of nitrogens with zero attached hydrogens (tertiary/aromatic N) is 7. The molecule has 150 valence electrons. The van der Waals surface area contributed by atoms with Gasteiger partial charge in [-0.25, -0.2) is 4.98 Å². The Morgan fingerprint density at radius 3 is 2.39 bits per heavy atom. The molecule has 0 aromatic carbocycles. The van der Waals surface area contributed by atoms with Gasteiger partial charge in [-0.2, -0.15) is 5.10 Å². The van der Waals surface area contributed by atoms with Crippen molar-refractivity contribution in [1.82, 2.24) is 24.6 Å². The first kappa shape index (κ1) is 18.7. The molecule has 0 atom stereocenters. The third-order valence-electron chi connectivity index (χ3n) is 5.68. The lowest BCUT2D eigenvalue weighted by Gasteiger charge is -2.37. The zero-order valence-electron chi connectivity index (χ0n) is 16.6. The summed E-state index contributed by atoms with van der Waals surface area (Å²) in [7, 11) is 1.95. The number of hydrogen-bond acceptors (Lipinski definition) is 6. The van der Waals surface area contributed by atoms with Gasteiger partial charge in [0.2, 0.25) is 5.91 Å². The van der Waals surface area contributed by atoms with Gasteiger partial charge in [0.25, 0.3) is 0 Å². The number of carbonyl (C=O) groups is 1. The van der Waals surface area contributed by atoms with Crippen LogP contribution in [-0.4, -0.2) is 89.4 Å². The average molecular weight is 384 g/mol. The van der Waals surface area contributed by atoms with Crippen molar-refractivity contribution in [3.8, 4) is 0 Å². The second-order valence-corrected chi connectivity index (χ2v) is 7.51. The quantitative estimate of drug-likeness (QED) is 0.757.